The van der Waals surface area contributed by atoms with Gasteiger partial charge in [0.2, 0.25) is 0 Å². The Bertz CT molecular complexity index is 669. The van der Waals surface area contributed by atoms with E-state index in [4.69, 9.17) is 34.7 Å². The first-order valence-corrected chi connectivity index (χ1v) is 6.01. The number of halogens is 5. The number of nitrogens with two attached hydrogens (primary N) is 2. The average molecular weight is 322 g/mol. The van der Waals surface area contributed by atoms with E-state index in [1.54, 1.807) is 0 Å². The van der Waals surface area contributed by atoms with E-state index in [2.05, 4.69) is 5.32 Å². The summed E-state index contributed by atoms with van der Waals surface area (Å²) in [7, 11) is 0. The number of benzene rings is 2. The van der Waals surface area contributed by atoms with Crippen LogP contribution in [0.2, 0.25) is 10.0 Å². The van der Waals surface area contributed by atoms with Crippen molar-refractivity contribution in [2.75, 3.05) is 16.8 Å². The third kappa shape index (κ3) is 2.57. The zero-order valence-corrected chi connectivity index (χ0v) is 11.3. The maximum absolute atomic E-state index is 14.0. The highest BCUT2D eigenvalue weighted by Gasteiger charge is 2.18. The standard InChI is InChI=1S/C12H8Cl2F3N3/c13-5-1-4(15)2-6(16)11(5)20-12-8(19)3-7(18)9(14)10(12)17/h1-3,20H,18-19H2. The lowest BCUT2D eigenvalue weighted by Crippen LogP contribution is -2.04. The quantitative estimate of drug-likeness (QED) is 0.722. The molecule has 0 aliphatic heterocycles. The van der Waals surface area contributed by atoms with Gasteiger partial charge in [0.15, 0.2) is 11.6 Å². The fraction of sp³-hybridized carbons (Fsp3) is 0. The number of nitrogens with one attached hydrogen (secondary N) is 1. The van der Waals surface area contributed by atoms with Gasteiger partial charge >= 0.3 is 0 Å². The van der Waals surface area contributed by atoms with Crippen LogP contribution in [0.15, 0.2) is 18.2 Å². The first-order chi connectivity index (χ1) is 9.31. The van der Waals surface area contributed by atoms with Crippen molar-refractivity contribution in [2.24, 2.45) is 0 Å². The molecule has 0 atom stereocenters. The maximum Gasteiger partial charge on any atom is 0.169 e. The van der Waals surface area contributed by atoms with Crippen molar-refractivity contribution in [3.05, 3.63) is 45.7 Å². The summed E-state index contributed by atoms with van der Waals surface area (Å²) in [6.07, 6.45) is 0. The van der Waals surface area contributed by atoms with Gasteiger partial charge in [0, 0.05) is 6.07 Å². The van der Waals surface area contributed by atoms with Crippen LogP contribution in [0.4, 0.5) is 35.9 Å². The van der Waals surface area contributed by atoms with E-state index < -0.39 is 17.5 Å². The molecule has 2 aromatic carbocycles. The Kier molecular flexibility index (Phi) is 3.87. The minimum Gasteiger partial charge on any atom is -0.397 e. The highest BCUT2D eigenvalue weighted by atomic mass is 35.5. The second-order valence-corrected chi connectivity index (χ2v) is 4.71. The molecule has 0 amide bonds. The fourth-order valence-electron chi connectivity index (χ4n) is 1.58. The molecule has 2 aromatic rings. The highest BCUT2D eigenvalue weighted by Crippen LogP contribution is 2.37. The van der Waals surface area contributed by atoms with E-state index in [1.807, 2.05) is 0 Å². The van der Waals surface area contributed by atoms with Crippen LogP contribution in [0.25, 0.3) is 0 Å². The Hall–Kier alpha value is -1.79. The zero-order chi connectivity index (χ0) is 15.0. The van der Waals surface area contributed by atoms with Crippen molar-refractivity contribution < 1.29 is 13.2 Å². The van der Waals surface area contributed by atoms with Crippen LogP contribution >= 0.6 is 23.2 Å². The first-order valence-electron chi connectivity index (χ1n) is 5.25. The molecule has 3 nitrogen and oxygen atoms in total. The van der Waals surface area contributed by atoms with Crippen molar-refractivity contribution >= 4 is 46.0 Å². The summed E-state index contributed by atoms with van der Waals surface area (Å²) < 4.78 is 40.5. The summed E-state index contributed by atoms with van der Waals surface area (Å²) >= 11 is 11.3. The lowest BCUT2D eigenvalue weighted by Gasteiger charge is -2.14. The van der Waals surface area contributed by atoms with Crippen LogP contribution in [-0.4, -0.2) is 0 Å². The monoisotopic (exact) mass is 321 g/mol. The number of anilines is 4. The summed E-state index contributed by atoms with van der Waals surface area (Å²) in [4.78, 5) is 0. The first kappa shape index (κ1) is 14.6. The Morgan fingerprint density at radius 2 is 1.55 bits per heavy atom. The van der Waals surface area contributed by atoms with Crippen LogP contribution in [0, 0.1) is 17.5 Å². The highest BCUT2D eigenvalue weighted by molar-refractivity contribution is 6.34. The molecule has 0 spiro atoms. The summed E-state index contributed by atoms with van der Waals surface area (Å²) in [6, 6.07) is 2.68. The molecule has 0 radical (unpaired) electrons. The molecule has 106 valence electrons. The van der Waals surface area contributed by atoms with Crippen LogP contribution in [0.3, 0.4) is 0 Å². The van der Waals surface area contributed by atoms with Gasteiger partial charge in [0.25, 0.3) is 0 Å². The molecule has 2 rings (SSSR count). The average Bonchev–Trinajstić information content (AvgIpc) is 2.34. The van der Waals surface area contributed by atoms with Crippen molar-refractivity contribution in [3.8, 4) is 0 Å². The molecule has 5 N–H and O–H groups in total. The maximum atomic E-state index is 14.0. The third-order valence-corrected chi connectivity index (χ3v) is 3.20. The predicted octanol–water partition coefficient (Wildman–Crippen LogP) is 4.32. The molecule has 0 aromatic heterocycles. The van der Waals surface area contributed by atoms with Crippen LogP contribution < -0.4 is 16.8 Å². The van der Waals surface area contributed by atoms with E-state index in [0.717, 1.165) is 6.07 Å². The van der Waals surface area contributed by atoms with Gasteiger partial charge in [0.05, 0.1) is 27.8 Å². The van der Waals surface area contributed by atoms with E-state index in [-0.39, 0.29) is 32.8 Å². The Morgan fingerprint density at radius 1 is 0.900 bits per heavy atom. The minimum absolute atomic E-state index is 0.0575. The van der Waals surface area contributed by atoms with E-state index in [1.165, 1.54) is 6.07 Å². The molecule has 0 heterocycles. The number of nitrogen functional groups attached to an aromatic ring is 2. The van der Waals surface area contributed by atoms with Crippen LogP contribution in [0.1, 0.15) is 0 Å². The summed E-state index contributed by atoms with van der Waals surface area (Å²) in [5.74, 6) is -2.81. The van der Waals surface area contributed by atoms with Gasteiger partial charge in [-0.2, -0.15) is 0 Å². The van der Waals surface area contributed by atoms with E-state index in [9.17, 15) is 13.2 Å². The van der Waals surface area contributed by atoms with E-state index in [0.29, 0.717) is 6.07 Å². The summed E-state index contributed by atoms with van der Waals surface area (Å²) in [5.41, 5.74) is 10.3. The number of hydrogen-bond donors (Lipinski definition) is 3. The summed E-state index contributed by atoms with van der Waals surface area (Å²) in [6.45, 7) is 0. The lowest BCUT2D eigenvalue weighted by molar-refractivity contribution is 0.586. The molecule has 0 aliphatic carbocycles. The second kappa shape index (κ2) is 5.30. The molecule has 0 unspecified atom stereocenters. The molecule has 0 saturated heterocycles. The van der Waals surface area contributed by atoms with Crippen molar-refractivity contribution in [1.82, 2.24) is 0 Å². The van der Waals surface area contributed by atoms with Gasteiger partial charge in [-0.15, -0.1) is 0 Å². The van der Waals surface area contributed by atoms with Crippen molar-refractivity contribution in [3.63, 3.8) is 0 Å². The molecular formula is C12H8Cl2F3N3. The smallest absolute Gasteiger partial charge is 0.169 e. The largest absolute Gasteiger partial charge is 0.397 e. The van der Waals surface area contributed by atoms with Crippen LogP contribution in [0.5, 0.6) is 0 Å². The van der Waals surface area contributed by atoms with Crippen molar-refractivity contribution in [1.29, 1.82) is 0 Å². The topological polar surface area (TPSA) is 64.1 Å². The number of hydrogen-bond acceptors (Lipinski definition) is 3. The van der Waals surface area contributed by atoms with Gasteiger partial charge < -0.3 is 16.8 Å². The molecular weight excluding hydrogens is 314 g/mol. The minimum atomic E-state index is -0.998. The Morgan fingerprint density at radius 3 is 2.15 bits per heavy atom. The molecule has 20 heavy (non-hydrogen) atoms. The summed E-state index contributed by atoms with van der Waals surface area (Å²) in [5, 5.41) is 1.73. The number of rotatable bonds is 2. The van der Waals surface area contributed by atoms with Crippen molar-refractivity contribution in [2.45, 2.75) is 0 Å². The Balaban J connectivity index is 2.54. The normalized spacial score (nSPS) is 10.7. The SMILES string of the molecule is Nc1cc(N)c(Nc2c(F)cc(F)cc2Cl)c(F)c1Cl. The molecule has 0 saturated carbocycles. The Labute approximate surface area is 122 Å². The van der Waals surface area contributed by atoms with Crippen LogP contribution in [-0.2, 0) is 0 Å². The lowest BCUT2D eigenvalue weighted by atomic mass is 10.2. The molecule has 0 bridgehead atoms. The molecule has 0 aliphatic rings. The molecule has 0 fully saturated rings. The van der Waals surface area contributed by atoms with Gasteiger partial charge in [0.1, 0.15) is 10.8 Å². The fourth-order valence-corrected chi connectivity index (χ4v) is 1.97. The molecule has 8 heteroatoms. The van der Waals surface area contributed by atoms with Gasteiger partial charge in [-0.1, -0.05) is 23.2 Å². The van der Waals surface area contributed by atoms with Gasteiger partial charge in [-0.05, 0) is 12.1 Å². The third-order valence-electron chi connectivity index (χ3n) is 2.52. The van der Waals surface area contributed by atoms with Gasteiger partial charge in [-0.3, -0.25) is 0 Å². The predicted molar refractivity (Wildman–Crippen MR) is 74.9 cm³/mol. The van der Waals surface area contributed by atoms with E-state index >= 15 is 0 Å². The van der Waals surface area contributed by atoms with Gasteiger partial charge in [-0.25, -0.2) is 13.2 Å². The zero-order valence-electron chi connectivity index (χ0n) is 9.78. The second-order valence-electron chi connectivity index (χ2n) is 3.93.